The Hall–Kier alpha value is -5.47. The van der Waals surface area contributed by atoms with E-state index in [0.29, 0.717) is 11.3 Å². The summed E-state index contributed by atoms with van der Waals surface area (Å²) < 4.78 is 64.1. The first-order chi connectivity index (χ1) is 19.4. The number of nitrogens with one attached hydrogen (secondary N) is 3. The number of ether oxygens (including phenoxy) is 2. The number of anilines is 5. The maximum atomic E-state index is 14.5. The molecule has 4 rings (SSSR count). The summed E-state index contributed by atoms with van der Waals surface area (Å²) in [6, 6.07) is 7.59. The van der Waals surface area contributed by atoms with Gasteiger partial charge < -0.3 is 25.4 Å². The molecule has 2 heterocycles. The molecule has 2 aromatic heterocycles. The van der Waals surface area contributed by atoms with E-state index >= 15 is 0 Å². The molecule has 11 nitrogen and oxygen atoms in total. The number of carbonyl (C=O) groups is 2. The Labute approximate surface area is 229 Å². The van der Waals surface area contributed by atoms with Crippen LogP contribution in [0.3, 0.4) is 0 Å². The van der Waals surface area contributed by atoms with Gasteiger partial charge in [-0.1, -0.05) is 12.6 Å². The molecular formula is C26H21F4N7O4. The fourth-order valence-corrected chi connectivity index (χ4v) is 3.49. The highest BCUT2D eigenvalue weighted by Crippen LogP contribution is 2.34. The largest absolute Gasteiger partial charge is 0.494 e. The van der Waals surface area contributed by atoms with E-state index in [2.05, 4.69) is 42.3 Å². The molecule has 0 atom stereocenters. The normalized spacial score (nSPS) is 11.0. The lowest BCUT2D eigenvalue weighted by Crippen LogP contribution is -2.28. The lowest BCUT2D eigenvalue weighted by molar-refractivity contribution is -0.189. The number of carbonyl (C=O) groups excluding carboxylic acids is 2. The number of amides is 1. The molecule has 2 aromatic carbocycles. The van der Waals surface area contributed by atoms with E-state index in [1.807, 2.05) is 0 Å². The average Bonchev–Trinajstić information content (AvgIpc) is 3.32. The first kappa shape index (κ1) is 28.5. The topological polar surface area (TPSA) is 132 Å². The summed E-state index contributed by atoms with van der Waals surface area (Å²) in [7, 11) is 3.02. The van der Waals surface area contributed by atoms with Crippen molar-refractivity contribution < 1.29 is 36.6 Å². The summed E-state index contributed by atoms with van der Waals surface area (Å²) in [5, 5.41) is 12.3. The number of rotatable bonds is 9. The monoisotopic (exact) mass is 571 g/mol. The minimum absolute atomic E-state index is 0.000765. The van der Waals surface area contributed by atoms with Crippen LogP contribution >= 0.6 is 0 Å². The van der Waals surface area contributed by atoms with E-state index in [-0.39, 0.29) is 34.5 Å². The van der Waals surface area contributed by atoms with Crippen molar-refractivity contribution in [3.05, 3.63) is 73.5 Å². The molecule has 0 aliphatic carbocycles. The molecule has 0 spiro atoms. The van der Waals surface area contributed by atoms with Gasteiger partial charge in [-0.25, -0.2) is 14.2 Å². The molecule has 4 aromatic rings. The van der Waals surface area contributed by atoms with E-state index in [4.69, 9.17) is 4.74 Å². The molecule has 0 fully saturated rings. The maximum absolute atomic E-state index is 14.5. The quantitative estimate of drug-likeness (QED) is 0.109. The lowest BCUT2D eigenvalue weighted by atomic mass is 10.1. The van der Waals surface area contributed by atoms with Crippen LogP contribution in [0.1, 0.15) is 0 Å². The van der Waals surface area contributed by atoms with Gasteiger partial charge in [0, 0.05) is 48.5 Å². The van der Waals surface area contributed by atoms with Crippen molar-refractivity contribution in [2.75, 3.05) is 23.1 Å². The number of alkyl halides is 3. The first-order valence-electron chi connectivity index (χ1n) is 11.6. The summed E-state index contributed by atoms with van der Waals surface area (Å²) >= 11 is 0. The Morgan fingerprint density at radius 1 is 1.05 bits per heavy atom. The van der Waals surface area contributed by atoms with Gasteiger partial charge in [-0.3, -0.25) is 9.48 Å². The summed E-state index contributed by atoms with van der Waals surface area (Å²) in [4.78, 5) is 32.1. The Balaban J connectivity index is 1.78. The Morgan fingerprint density at radius 3 is 2.44 bits per heavy atom. The summed E-state index contributed by atoms with van der Waals surface area (Å²) in [6.07, 6.45) is 0.257. The number of benzene rings is 2. The first-order valence-corrected chi connectivity index (χ1v) is 11.6. The van der Waals surface area contributed by atoms with Crippen LogP contribution in [0.2, 0.25) is 0 Å². The summed E-state index contributed by atoms with van der Waals surface area (Å²) in [5.74, 6) is -4.15. The molecule has 0 bridgehead atoms. The second-order valence-corrected chi connectivity index (χ2v) is 8.28. The smallest absolute Gasteiger partial charge is 0.491 e. The highest BCUT2D eigenvalue weighted by Gasteiger charge is 2.41. The predicted octanol–water partition coefficient (Wildman–Crippen LogP) is 5.10. The number of halogens is 4. The Kier molecular flexibility index (Phi) is 8.16. The molecular weight excluding hydrogens is 550 g/mol. The molecule has 0 saturated heterocycles. The van der Waals surface area contributed by atoms with Crippen molar-refractivity contribution in [1.29, 1.82) is 0 Å². The fraction of sp³-hybridized carbons (Fsp3) is 0.115. The third-order valence-corrected chi connectivity index (χ3v) is 5.28. The standard InChI is InChI=1S/C26H21F4N7O4/c1-4-22(38)33-15-8-16(10-18(9-15)41-24(39)26(28,29)30)34-23-19(14-5-6-21(40-3)20(27)7-14)12-31-25(36-23)35-17-11-32-37(2)13-17/h4-13H,1H2,2-3H3,(H,33,38)(H2,31,34,35,36). The van der Waals surface area contributed by atoms with Crippen LogP contribution in [0, 0.1) is 5.82 Å². The predicted molar refractivity (Wildman–Crippen MR) is 141 cm³/mol. The molecule has 0 saturated carbocycles. The van der Waals surface area contributed by atoms with Crippen molar-refractivity contribution in [2.45, 2.75) is 6.18 Å². The zero-order valence-electron chi connectivity index (χ0n) is 21.4. The van der Waals surface area contributed by atoms with Gasteiger partial charge in [-0.05, 0) is 29.8 Å². The van der Waals surface area contributed by atoms with Gasteiger partial charge >= 0.3 is 12.1 Å². The maximum Gasteiger partial charge on any atom is 0.491 e. The minimum atomic E-state index is -5.26. The lowest BCUT2D eigenvalue weighted by Gasteiger charge is -2.16. The van der Waals surface area contributed by atoms with Crippen LogP contribution in [0.15, 0.2) is 67.6 Å². The Bertz CT molecular complexity index is 1620. The van der Waals surface area contributed by atoms with E-state index in [1.54, 1.807) is 24.0 Å². The Morgan fingerprint density at radius 2 is 1.80 bits per heavy atom. The third kappa shape index (κ3) is 7.14. The number of hydrogen-bond acceptors (Lipinski definition) is 9. The van der Waals surface area contributed by atoms with Gasteiger partial charge in [-0.15, -0.1) is 0 Å². The van der Waals surface area contributed by atoms with Crippen molar-refractivity contribution >= 4 is 40.7 Å². The number of hydrogen-bond donors (Lipinski definition) is 3. The van der Waals surface area contributed by atoms with Crippen LogP contribution in [0.5, 0.6) is 11.5 Å². The number of nitrogens with zero attached hydrogens (tertiary/aromatic N) is 4. The molecule has 3 N–H and O–H groups in total. The number of aryl methyl sites for hydroxylation is 1. The summed E-state index contributed by atoms with van der Waals surface area (Å²) in [6.45, 7) is 3.33. The van der Waals surface area contributed by atoms with Crippen molar-refractivity contribution in [3.63, 3.8) is 0 Å². The molecule has 0 aliphatic heterocycles. The molecule has 15 heteroatoms. The highest BCUT2D eigenvalue weighted by molar-refractivity contribution is 5.99. The second-order valence-electron chi connectivity index (χ2n) is 8.28. The van der Waals surface area contributed by atoms with E-state index in [1.165, 1.54) is 37.7 Å². The van der Waals surface area contributed by atoms with Crippen LogP contribution in [-0.2, 0) is 16.6 Å². The van der Waals surface area contributed by atoms with E-state index in [0.717, 1.165) is 18.2 Å². The van der Waals surface area contributed by atoms with Gasteiger partial charge in [0.2, 0.25) is 11.9 Å². The minimum Gasteiger partial charge on any atom is -0.494 e. The second kappa shape index (κ2) is 11.7. The zero-order chi connectivity index (χ0) is 29.7. The van der Waals surface area contributed by atoms with Gasteiger partial charge in [-0.2, -0.15) is 23.3 Å². The zero-order valence-corrected chi connectivity index (χ0v) is 21.4. The molecule has 0 unspecified atom stereocenters. The van der Waals surface area contributed by atoms with Gasteiger partial charge in [0.25, 0.3) is 0 Å². The third-order valence-electron chi connectivity index (χ3n) is 5.28. The van der Waals surface area contributed by atoms with Gasteiger partial charge in [0.1, 0.15) is 11.6 Å². The number of aromatic nitrogens is 4. The van der Waals surface area contributed by atoms with Crippen LogP contribution in [-0.4, -0.2) is 44.9 Å². The SMILES string of the molecule is C=CC(=O)Nc1cc(Nc2nc(Nc3cnn(C)c3)ncc2-c2ccc(OC)c(F)c2)cc(OC(=O)C(F)(F)F)c1. The average molecular weight is 571 g/mol. The van der Waals surface area contributed by atoms with Gasteiger partial charge in [0.15, 0.2) is 11.6 Å². The highest BCUT2D eigenvalue weighted by atomic mass is 19.4. The number of methoxy groups -OCH3 is 1. The van der Waals surface area contributed by atoms with Crippen LogP contribution < -0.4 is 25.4 Å². The van der Waals surface area contributed by atoms with E-state index < -0.39 is 29.6 Å². The molecule has 212 valence electrons. The van der Waals surface area contributed by atoms with Gasteiger partial charge in [0.05, 0.1) is 19.0 Å². The van der Waals surface area contributed by atoms with Crippen molar-refractivity contribution in [2.24, 2.45) is 7.05 Å². The van der Waals surface area contributed by atoms with Crippen molar-refractivity contribution in [1.82, 2.24) is 19.7 Å². The van der Waals surface area contributed by atoms with Crippen LogP contribution in [0.25, 0.3) is 11.1 Å². The molecule has 0 radical (unpaired) electrons. The van der Waals surface area contributed by atoms with Crippen molar-refractivity contribution in [3.8, 4) is 22.6 Å². The summed E-state index contributed by atoms with van der Waals surface area (Å²) in [5.41, 5.74) is 1.20. The molecule has 41 heavy (non-hydrogen) atoms. The van der Waals surface area contributed by atoms with E-state index in [9.17, 15) is 27.2 Å². The molecule has 1 amide bonds. The number of esters is 1. The molecule has 0 aliphatic rings. The van der Waals surface area contributed by atoms with Crippen LogP contribution in [0.4, 0.5) is 46.4 Å². The fourth-order valence-electron chi connectivity index (χ4n) is 3.49.